The second-order valence-corrected chi connectivity index (χ2v) is 6.02. The van der Waals surface area contributed by atoms with Gasteiger partial charge in [0.2, 0.25) is 5.91 Å². The van der Waals surface area contributed by atoms with Gasteiger partial charge < -0.3 is 15.2 Å². The van der Waals surface area contributed by atoms with Crippen molar-refractivity contribution in [3.05, 3.63) is 59.9 Å². The number of carbonyl (C=O) groups is 2. The number of aliphatic carboxylic acids is 1. The number of likely N-dealkylation sites (tertiary alicyclic amines) is 1. The van der Waals surface area contributed by atoms with Gasteiger partial charge in [0.15, 0.2) is 0 Å². The molecule has 0 radical (unpaired) electrons. The van der Waals surface area contributed by atoms with Crippen LogP contribution in [0.4, 0.5) is 0 Å². The van der Waals surface area contributed by atoms with Crippen LogP contribution in [-0.2, 0) is 22.7 Å². The number of carbonyl (C=O) groups excluding carboxylic acids is 2. The van der Waals surface area contributed by atoms with Crippen LogP contribution < -0.4 is 40.0 Å². The molecule has 1 aliphatic heterocycles. The van der Waals surface area contributed by atoms with Gasteiger partial charge in [-0.3, -0.25) is 9.69 Å². The molecule has 1 saturated heterocycles. The molecule has 1 aliphatic rings. The Bertz CT molecular complexity index is 730. The molecule has 0 spiro atoms. The molecule has 130 valence electrons. The van der Waals surface area contributed by atoms with E-state index in [2.05, 4.69) is 15.5 Å². The average molecular weight is 362 g/mol. The first-order chi connectivity index (χ1) is 12.1. The van der Waals surface area contributed by atoms with Crippen molar-refractivity contribution in [2.24, 2.45) is 0 Å². The first kappa shape index (κ1) is 20.5. The molecule has 1 N–H and O–H groups in total. The zero-order chi connectivity index (χ0) is 17.6. The maximum atomic E-state index is 12.6. The molecule has 1 aromatic carbocycles. The van der Waals surface area contributed by atoms with Gasteiger partial charge in [0.1, 0.15) is 0 Å². The quantitative estimate of drug-likeness (QED) is 0.546. The number of rotatable bonds is 6. The van der Waals surface area contributed by atoms with Gasteiger partial charge >= 0.3 is 29.6 Å². The molecular weight excluding hydrogens is 343 g/mol. The van der Waals surface area contributed by atoms with Crippen LogP contribution in [0.3, 0.4) is 0 Å². The Hall–Kier alpha value is -1.80. The van der Waals surface area contributed by atoms with Gasteiger partial charge in [-0.2, -0.15) is 10.2 Å². The number of nitrogens with one attached hydrogen (secondary N) is 1. The first-order valence-corrected chi connectivity index (χ1v) is 8.20. The molecule has 1 fully saturated rings. The van der Waals surface area contributed by atoms with Crippen molar-refractivity contribution in [2.75, 3.05) is 0 Å². The fourth-order valence-electron chi connectivity index (χ4n) is 3.14. The van der Waals surface area contributed by atoms with Crippen molar-refractivity contribution in [1.82, 2.24) is 20.4 Å². The molecule has 0 bridgehead atoms. The predicted molar refractivity (Wildman–Crippen MR) is 87.7 cm³/mol. The molecule has 2 aromatic rings. The van der Waals surface area contributed by atoms with E-state index < -0.39 is 18.1 Å². The Kier molecular flexibility index (Phi) is 7.71. The van der Waals surface area contributed by atoms with Crippen LogP contribution in [-0.4, -0.2) is 39.1 Å². The third-order valence-corrected chi connectivity index (χ3v) is 4.37. The second-order valence-electron chi connectivity index (χ2n) is 6.02. The summed E-state index contributed by atoms with van der Waals surface area (Å²) in [5.41, 5.74) is 1.61. The van der Waals surface area contributed by atoms with Crippen molar-refractivity contribution in [1.29, 1.82) is 0 Å². The van der Waals surface area contributed by atoms with Gasteiger partial charge in [0.25, 0.3) is 0 Å². The molecule has 2 heterocycles. The summed E-state index contributed by atoms with van der Waals surface area (Å²) >= 11 is 0. The third kappa shape index (κ3) is 5.11. The number of carboxylic acids is 1. The van der Waals surface area contributed by atoms with Crippen molar-refractivity contribution in [3.63, 3.8) is 0 Å². The summed E-state index contributed by atoms with van der Waals surface area (Å²) in [6, 6.07) is 11.8. The van der Waals surface area contributed by atoms with Crippen molar-refractivity contribution in [3.8, 4) is 0 Å². The minimum Gasteiger partial charge on any atom is -0.548 e. The standard InChI is InChI=1S/C18H20N4O3.Na/c23-17(19-11-14-7-4-10-20-21-14)15-8-9-16(18(24)25)22(15)12-13-5-2-1-3-6-13;/h1-7,10,15-16H,8-9,11-12H2,(H,19,23)(H,24,25);/q;+1/p-1. The van der Waals surface area contributed by atoms with Crippen molar-refractivity contribution in [2.45, 2.75) is 38.0 Å². The summed E-state index contributed by atoms with van der Waals surface area (Å²) in [5, 5.41) is 22.0. The number of amides is 1. The van der Waals surface area contributed by atoms with Crippen LogP contribution >= 0.6 is 0 Å². The van der Waals surface area contributed by atoms with E-state index in [9.17, 15) is 14.7 Å². The Morgan fingerprint density at radius 2 is 1.85 bits per heavy atom. The van der Waals surface area contributed by atoms with E-state index in [1.54, 1.807) is 23.2 Å². The van der Waals surface area contributed by atoms with Crippen LogP contribution in [0, 0.1) is 0 Å². The summed E-state index contributed by atoms with van der Waals surface area (Å²) in [6.45, 7) is 0.654. The summed E-state index contributed by atoms with van der Waals surface area (Å²) in [7, 11) is 0. The Labute approximate surface area is 174 Å². The summed E-state index contributed by atoms with van der Waals surface area (Å²) < 4.78 is 0. The molecule has 3 rings (SSSR count). The molecule has 2 atom stereocenters. The zero-order valence-electron chi connectivity index (χ0n) is 14.7. The van der Waals surface area contributed by atoms with Gasteiger partial charge in [-0.05, 0) is 30.5 Å². The zero-order valence-corrected chi connectivity index (χ0v) is 16.7. The first-order valence-electron chi connectivity index (χ1n) is 8.20. The van der Waals surface area contributed by atoms with Crippen LogP contribution in [0.25, 0.3) is 0 Å². The summed E-state index contributed by atoms with van der Waals surface area (Å²) in [5.74, 6) is -1.34. The second kappa shape index (κ2) is 9.78. The monoisotopic (exact) mass is 362 g/mol. The smallest absolute Gasteiger partial charge is 0.548 e. The number of aromatic nitrogens is 2. The van der Waals surface area contributed by atoms with E-state index in [1.807, 2.05) is 30.3 Å². The summed E-state index contributed by atoms with van der Waals surface area (Å²) in [6.07, 6.45) is 2.45. The Morgan fingerprint density at radius 3 is 2.50 bits per heavy atom. The van der Waals surface area contributed by atoms with E-state index >= 15 is 0 Å². The van der Waals surface area contributed by atoms with Gasteiger partial charge in [-0.1, -0.05) is 30.3 Å². The maximum Gasteiger partial charge on any atom is 1.00 e. The van der Waals surface area contributed by atoms with E-state index in [1.165, 1.54) is 0 Å². The summed E-state index contributed by atoms with van der Waals surface area (Å²) in [4.78, 5) is 25.7. The van der Waals surface area contributed by atoms with Gasteiger partial charge in [0, 0.05) is 12.7 Å². The fourth-order valence-corrected chi connectivity index (χ4v) is 3.14. The molecule has 1 amide bonds. The number of benzene rings is 1. The largest absolute Gasteiger partial charge is 1.00 e. The number of carboxylic acid groups (broad SMARTS) is 1. The molecule has 26 heavy (non-hydrogen) atoms. The fraction of sp³-hybridized carbons (Fsp3) is 0.333. The van der Waals surface area contributed by atoms with E-state index in [0.29, 0.717) is 25.1 Å². The third-order valence-electron chi connectivity index (χ3n) is 4.37. The topological polar surface area (TPSA) is 98.2 Å². The van der Waals surface area contributed by atoms with Crippen LogP contribution in [0.15, 0.2) is 48.7 Å². The minimum absolute atomic E-state index is 0. The van der Waals surface area contributed by atoms with Crippen LogP contribution in [0.5, 0.6) is 0 Å². The van der Waals surface area contributed by atoms with Gasteiger partial charge in [0.05, 0.1) is 30.3 Å². The molecule has 2 unspecified atom stereocenters. The molecule has 0 aliphatic carbocycles. The molecule has 7 nitrogen and oxygen atoms in total. The van der Waals surface area contributed by atoms with Crippen molar-refractivity contribution < 1.29 is 44.3 Å². The van der Waals surface area contributed by atoms with Crippen LogP contribution in [0.1, 0.15) is 24.1 Å². The number of hydrogen-bond donors (Lipinski definition) is 1. The number of nitrogens with zero attached hydrogens (tertiary/aromatic N) is 3. The van der Waals surface area contributed by atoms with E-state index in [-0.39, 0.29) is 42.0 Å². The van der Waals surface area contributed by atoms with E-state index in [4.69, 9.17) is 0 Å². The molecule has 0 saturated carbocycles. The SMILES string of the molecule is O=C([O-])C1CCC(C(=O)NCc2cccnn2)N1Cc1ccccc1.[Na+]. The maximum absolute atomic E-state index is 12.6. The Morgan fingerprint density at radius 1 is 1.12 bits per heavy atom. The minimum atomic E-state index is -1.14. The Balaban J connectivity index is 0.00000243. The average Bonchev–Trinajstić information content (AvgIpc) is 3.05. The number of hydrogen-bond acceptors (Lipinski definition) is 6. The predicted octanol–water partition coefficient (Wildman–Crippen LogP) is -3.12. The normalized spacial score (nSPS) is 19.5. The van der Waals surface area contributed by atoms with Gasteiger partial charge in [-0.25, -0.2) is 0 Å². The molecule has 1 aromatic heterocycles. The van der Waals surface area contributed by atoms with Crippen molar-refractivity contribution >= 4 is 11.9 Å². The molecule has 8 heteroatoms. The van der Waals surface area contributed by atoms with Crippen LogP contribution in [0.2, 0.25) is 0 Å². The van der Waals surface area contributed by atoms with Gasteiger partial charge in [-0.15, -0.1) is 0 Å². The van der Waals surface area contributed by atoms with E-state index in [0.717, 1.165) is 5.56 Å². The molecular formula is C18H19N4NaO3.